The van der Waals surface area contributed by atoms with Gasteiger partial charge in [0.25, 0.3) is 0 Å². The maximum absolute atomic E-state index is 8.83. The average molecular weight is 221 g/mol. The largest absolute Gasteiger partial charge is 0.277 e. The summed E-state index contributed by atoms with van der Waals surface area (Å²) in [5, 5.41) is 17.3. The molecule has 0 fully saturated rings. The molecule has 2 aromatic rings. The molecule has 1 aliphatic rings. The number of para-hydroxylation sites is 1. The van der Waals surface area contributed by atoms with Crippen molar-refractivity contribution in [2.75, 3.05) is 0 Å². The Morgan fingerprint density at radius 1 is 1.35 bits per heavy atom. The highest BCUT2D eigenvalue weighted by molar-refractivity contribution is 5.93. The van der Waals surface area contributed by atoms with Crippen molar-refractivity contribution in [1.82, 2.24) is 10.2 Å². The van der Waals surface area contributed by atoms with Gasteiger partial charge in [0.1, 0.15) is 0 Å². The van der Waals surface area contributed by atoms with Crippen molar-refractivity contribution in [2.45, 2.75) is 6.42 Å². The summed E-state index contributed by atoms with van der Waals surface area (Å²) in [6.07, 6.45) is 6.78. The lowest BCUT2D eigenvalue weighted by molar-refractivity contribution is 0.839. The van der Waals surface area contributed by atoms with Crippen LogP contribution < -0.4 is 0 Å². The van der Waals surface area contributed by atoms with Crippen LogP contribution in [-0.4, -0.2) is 10.2 Å². The highest BCUT2D eigenvalue weighted by Crippen LogP contribution is 2.27. The number of benzene rings is 1. The van der Waals surface area contributed by atoms with E-state index < -0.39 is 0 Å². The smallest absolute Gasteiger partial charge is 0.0996 e. The van der Waals surface area contributed by atoms with Gasteiger partial charge >= 0.3 is 0 Å². The van der Waals surface area contributed by atoms with E-state index in [1.807, 2.05) is 30.4 Å². The van der Waals surface area contributed by atoms with Crippen LogP contribution in [0.2, 0.25) is 0 Å². The molecule has 0 spiro atoms. The molecule has 1 heterocycles. The van der Waals surface area contributed by atoms with Gasteiger partial charge in [0.15, 0.2) is 0 Å². The van der Waals surface area contributed by atoms with Crippen molar-refractivity contribution in [2.24, 2.45) is 5.92 Å². The van der Waals surface area contributed by atoms with E-state index in [0.717, 1.165) is 28.6 Å². The van der Waals surface area contributed by atoms with Gasteiger partial charge in [-0.3, -0.25) is 5.10 Å². The molecule has 0 radical (unpaired) electrons. The Hall–Kier alpha value is -2.34. The maximum atomic E-state index is 8.83. The van der Waals surface area contributed by atoms with E-state index in [2.05, 4.69) is 28.4 Å². The Morgan fingerprint density at radius 2 is 2.24 bits per heavy atom. The summed E-state index contributed by atoms with van der Waals surface area (Å²) < 4.78 is 0. The molecule has 3 rings (SSSR count). The standard InChI is InChI=1S/C14H11N3/c15-9-10-5-7-11(8-6-10)14-12-3-1-2-4-13(12)16-17-14/h1-5,7-8,10H,6H2,(H,16,17). The molecule has 1 unspecified atom stereocenters. The quantitative estimate of drug-likeness (QED) is 0.804. The van der Waals surface area contributed by atoms with Gasteiger partial charge in [-0.25, -0.2) is 0 Å². The molecule has 0 saturated carbocycles. The van der Waals surface area contributed by atoms with E-state index in [4.69, 9.17) is 5.26 Å². The van der Waals surface area contributed by atoms with Crippen LogP contribution in [0.3, 0.4) is 0 Å². The number of hydrogen-bond acceptors (Lipinski definition) is 2. The van der Waals surface area contributed by atoms with Gasteiger partial charge in [0.2, 0.25) is 0 Å². The Morgan fingerprint density at radius 3 is 3.00 bits per heavy atom. The van der Waals surface area contributed by atoms with Crippen molar-refractivity contribution in [3.8, 4) is 6.07 Å². The summed E-state index contributed by atoms with van der Waals surface area (Å²) in [6, 6.07) is 10.3. The van der Waals surface area contributed by atoms with Gasteiger partial charge < -0.3 is 0 Å². The van der Waals surface area contributed by atoms with Gasteiger partial charge in [-0.1, -0.05) is 36.4 Å². The molecule has 82 valence electrons. The number of fused-ring (bicyclic) bond motifs is 1. The normalized spacial score (nSPS) is 19.0. The Bertz CT molecular complexity index is 655. The third-order valence-corrected chi connectivity index (χ3v) is 3.01. The zero-order valence-electron chi connectivity index (χ0n) is 9.22. The van der Waals surface area contributed by atoms with Crippen molar-refractivity contribution in [3.05, 3.63) is 48.2 Å². The SMILES string of the molecule is N#CC1C=CC(c2n[nH]c3ccccc23)=CC1. The lowest BCUT2D eigenvalue weighted by Gasteiger charge is -2.08. The summed E-state index contributed by atoms with van der Waals surface area (Å²) in [5.74, 6) is 0.00366. The predicted molar refractivity (Wildman–Crippen MR) is 66.9 cm³/mol. The second kappa shape index (κ2) is 3.91. The first kappa shape index (κ1) is 9.86. The summed E-state index contributed by atoms with van der Waals surface area (Å²) in [7, 11) is 0. The zero-order valence-corrected chi connectivity index (χ0v) is 9.22. The molecule has 0 saturated heterocycles. The van der Waals surface area contributed by atoms with Gasteiger partial charge in [-0.05, 0) is 18.1 Å². The van der Waals surface area contributed by atoms with Gasteiger partial charge in [0, 0.05) is 5.39 Å². The molecule has 17 heavy (non-hydrogen) atoms. The number of H-pyrrole nitrogens is 1. The summed E-state index contributed by atoms with van der Waals surface area (Å²) in [5.41, 5.74) is 3.10. The zero-order chi connectivity index (χ0) is 11.7. The van der Waals surface area contributed by atoms with Crippen molar-refractivity contribution in [1.29, 1.82) is 5.26 Å². The monoisotopic (exact) mass is 221 g/mol. The van der Waals surface area contributed by atoms with E-state index in [0.29, 0.717) is 0 Å². The molecule has 1 aromatic heterocycles. The molecule has 1 N–H and O–H groups in total. The number of nitrogens with zero attached hydrogens (tertiary/aromatic N) is 2. The molecule has 0 aliphatic heterocycles. The number of aromatic amines is 1. The number of nitriles is 1. The number of allylic oxidation sites excluding steroid dienone is 4. The van der Waals surface area contributed by atoms with E-state index in [-0.39, 0.29) is 5.92 Å². The number of rotatable bonds is 1. The minimum Gasteiger partial charge on any atom is -0.277 e. The predicted octanol–water partition coefficient (Wildman–Crippen LogP) is 3.05. The molecule has 1 aliphatic carbocycles. The third-order valence-electron chi connectivity index (χ3n) is 3.01. The van der Waals surface area contributed by atoms with Crippen molar-refractivity contribution < 1.29 is 0 Å². The molecule has 0 bridgehead atoms. The minimum absolute atomic E-state index is 0.00366. The van der Waals surface area contributed by atoms with Crippen LogP contribution in [0, 0.1) is 17.2 Å². The van der Waals surface area contributed by atoms with Crippen LogP contribution in [0.5, 0.6) is 0 Å². The molecule has 3 heteroatoms. The fourth-order valence-electron chi connectivity index (χ4n) is 2.08. The fourth-order valence-corrected chi connectivity index (χ4v) is 2.08. The summed E-state index contributed by atoms with van der Waals surface area (Å²) in [4.78, 5) is 0. The van der Waals surface area contributed by atoms with E-state index in [1.54, 1.807) is 0 Å². The van der Waals surface area contributed by atoms with Gasteiger partial charge in [-0.15, -0.1) is 0 Å². The lowest BCUT2D eigenvalue weighted by Crippen LogP contribution is -1.96. The molecular formula is C14H11N3. The Kier molecular flexibility index (Phi) is 2.27. The summed E-state index contributed by atoms with van der Waals surface area (Å²) in [6.45, 7) is 0. The van der Waals surface area contributed by atoms with Gasteiger partial charge in [0.05, 0.1) is 23.2 Å². The second-order valence-electron chi connectivity index (χ2n) is 4.11. The molecule has 1 atom stereocenters. The topological polar surface area (TPSA) is 52.5 Å². The molecular weight excluding hydrogens is 210 g/mol. The van der Waals surface area contributed by atoms with Crippen LogP contribution in [0.4, 0.5) is 0 Å². The molecule has 1 aromatic carbocycles. The first-order valence-corrected chi connectivity index (χ1v) is 5.60. The number of nitrogens with one attached hydrogen (secondary N) is 1. The van der Waals surface area contributed by atoms with E-state index in [9.17, 15) is 0 Å². The number of aromatic nitrogens is 2. The highest BCUT2D eigenvalue weighted by atomic mass is 15.1. The Labute approximate surface area is 99.1 Å². The lowest BCUT2D eigenvalue weighted by atomic mass is 9.95. The van der Waals surface area contributed by atoms with Crippen LogP contribution in [0.1, 0.15) is 12.1 Å². The first-order chi connectivity index (χ1) is 8.38. The molecule has 0 amide bonds. The fraction of sp³-hybridized carbons (Fsp3) is 0.143. The molecule has 3 nitrogen and oxygen atoms in total. The minimum atomic E-state index is 0.00366. The van der Waals surface area contributed by atoms with Crippen molar-refractivity contribution in [3.63, 3.8) is 0 Å². The second-order valence-corrected chi connectivity index (χ2v) is 4.11. The third kappa shape index (κ3) is 1.64. The van der Waals surface area contributed by atoms with E-state index >= 15 is 0 Å². The van der Waals surface area contributed by atoms with E-state index in [1.165, 1.54) is 0 Å². The highest BCUT2D eigenvalue weighted by Gasteiger charge is 2.12. The summed E-state index contributed by atoms with van der Waals surface area (Å²) >= 11 is 0. The van der Waals surface area contributed by atoms with Crippen LogP contribution in [-0.2, 0) is 0 Å². The Balaban J connectivity index is 2.04. The number of hydrogen-bond donors (Lipinski definition) is 1. The van der Waals surface area contributed by atoms with Crippen LogP contribution >= 0.6 is 0 Å². The first-order valence-electron chi connectivity index (χ1n) is 5.60. The average Bonchev–Trinajstić information content (AvgIpc) is 2.83. The van der Waals surface area contributed by atoms with Gasteiger partial charge in [-0.2, -0.15) is 10.4 Å². The van der Waals surface area contributed by atoms with Crippen LogP contribution in [0.25, 0.3) is 16.5 Å². The van der Waals surface area contributed by atoms with Crippen LogP contribution in [0.15, 0.2) is 42.5 Å². The van der Waals surface area contributed by atoms with Crippen molar-refractivity contribution >= 4 is 16.5 Å². The maximum Gasteiger partial charge on any atom is 0.0996 e.